The predicted octanol–water partition coefficient (Wildman–Crippen LogP) is 1.65. The largest absolute Gasteiger partial charge is 0.506 e. The number of nitrogens with zero attached hydrogens (tertiary/aromatic N) is 2. The van der Waals surface area contributed by atoms with Crippen molar-refractivity contribution in [1.29, 1.82) is 5.26 Å². The van der Waals surface area contributed by atoms with Crippen LogP contribution in [0.15, 0.2) is 42.5 Å². The number of carbonyl (C=O) groups excluding carboxylic acids is 1. The van der Waals surface area contributed by atoms with Crippen molar-refractivity contribution in [2.75, 3.05) is 36.4 Å². The van der Waals surface area contributed by atoms with Crippen molar-refractivity contribution in [3.63, 3.8) is 0 Å². The van der Waals surface area contributed by atoms with Crippen LogP contribution in [0.1, 0.15) is 12.5 Å². The van der Waals surface area contributed by atoms with Gasteiger partial charge in [0.2, 0.25) is 0 Å². The Morgan fingerprint density at radius 1 is 1.30 bits per heavy atom. The third-order valence-corrected chi connectivity index (χ3v) is 5.30. The number of nitrogens with one attached hydrogen (secondary N) is 2. The molecule has 140 valence electrons. The molecule has 6 nitrogen and oxygen atoms in total. The van der Waals surface area contributed by atoms with Crippen molar-refractivity contribution in [3.8, 4) is 11.8 Å². The van der Waals surface area contributed by atoms with Gasteiger partial charge in [0, 0.05) is 5.69 Å². The maximum absolute atomic E-state index is 12.6. The smallest absolute Gasteiger partial charge is 0.282 e. The molecule has 0 spiro atoms. The van der Waals surface area contributed by atoms with E-state index in [2.05, 4.69) is 10.2 Å². The van der Waals surface area contributed by atoms with E-state index in [9.17, 15) is 9.90 Å². The van der Waals surface area contributed by atoms with Crippen LogP contribution in [0.5, 0.6) is 5.75 Å². The zero-order valence-electron chi connectivity index (χ0n) is 15.1. The Balaban J connectivity index is 1.58. The number of hydrogen-bond acceptors (Lipinski definition) is 4. The number of carbonyl (C=O) groups is 1. The third-order valence-electron chi connectivity index (χ3n) is 4.99. The van der Waals surface area contributed by atoms with Crippen molar-refractivity contribution in [2.24, 2.45) is 0 Å². The Morgan fingerprint density at radius 2 is 2.00 bits per heavy atom. The lowest BCUT2D eigenvalue weighted by molar-refractivity contribution is -0.914. The molecule has 7 heteroatoms. The second-order valence-electron chi connectivity index (χ2n) is 6.65. The summed E-state index contributed by atoms with van der Waals surface area (Å²) in [6.45, 7) is 5.06. The van der Waals surface area contributed by atoms with Crippen molar-refractivity contribution in [1.82, 2.24) is 0 Å². The number of para-hydroxylation sites is 2. The second kappa shape index (κ2) is 8.30. The van der Waals surface area contributed by atoms with E-state index in [0.29, 0.717) is 16.3 Å². The average Bonchev–Trinajstić information content (AvgIpc) is 2.68. The molecule has 0 aliphatic carbocycles. The van der Waals surface area contributed by atoms with Crippen molar-refractivity contribution >= 4 is 28.9 Å². The van der Waals surface area contributed by atoms with Crippen LogP contribution in [0.4, 0.5) is 11.4 Å². The van der Waals surface area contributed by atoms with Gasteiger partial charge < -0.3 is 20.2 Å². The predicted molar refractivity (Wildman–Crippen MR) is 105 cm³/mol. The molecule has 1 saturated heterocycles. The fourth-order valence-corrected chi connectivity index (χ4v) is 3.54. The number of piperazine rings is 1. The molecule has 3 N–H and O–H groups in total. The highest BCUT2D eigenvalue weighted by Gasteiger charge is 2.30. The number of nitriles is 1. The summed E-state index contributed by atoms with van der Waals surface area (Å²) < 4.78 is 0. The van der Waals surface area contributed by atoms with Gasteiger partial charge in [-0.25, -0.2) is 0 Å². The summed E-state index contributed by atoms with van der Waals surface area (Å²) in [5.41, 5.74) is 1.80. The topological polar surface area (TPSA) is 80.8 Å². The number of anilines is 2. The summed E-state index contributed by atoms with van der Waals surface area (Å²) in [5, 5.41) is 22.1. The Kier molecular flexibility index (Phi) is 5.84. The van der Waals surface area contributed by atoms with Gasteiger partial charge in [0.05, 0.1) is 42.5 Å². The summed E-state index contributed by atoms with van der Waals surface area (Å²) in [7, 11) is 0. The Bertz CT molecular complexity index is 873. The number of phenolic OH excluding ortho intramolecular Hbond substituents is 1. The van der Waals surface area contributed by atoms with E-state index in [0.717, 1.165) is 31.9 Å². The van der Waals surface area contributed by atoms with Crippen LogP contribution in [0.2, 0.25) is 5.02 Å². The van der Waals surface area contributed by atoms with E-state index >= 15 is 0 Å². The number of hydrogen-bond donors (Lipinski definition) is 3. The first kappa shape index (κ1) is 19.0. The highest BCUT2D eigenvalue weighted by Crippen LogP contribution is 2.26. The van der Waals surface area contributed by atoms with Gasteiger partial charge >= 0.3 is 0 Å². The first-order valence-corrected chi connectivity index (χ1v) is 9.25. The Hall–Kier alpha value is -2.75. The standard InChI is InChI=1S/C20H21ClN4O2/c1-14(20(27)23-16-7-6-15(13-22)17(21)12-16)24-8-10-25(11-9-24)18-4-2-3-5-19(18)26/h2-7,12,14,26H,8-11H2,1H3,(H,23,27)/p+1/t14-/m0/s1. The number of aromatic hydroxyl groups is 1. The zero-order valence-corrected chi connectivity index (χ0v) is 15.8. The van der Waals surface area contributed by atoms with Gasteiger partial charge in [-0.2, -0.15) is 5.26 Å². The fourth-order valence-electron chi connectivity index (χ4n) is 3.32. The van der Waals surface area contributed by atoms with Crippen molar-refractivity contribution in [3.05, 3.63) is 53.1 Å². The van der Waals surface area contributed by atoms with Gasteiger partial charge in [-0.15, -0.1) is 0 Å². The lowest BCUT2D eigenvalue weighted by Gasteiger charge is -2.36. The van der Waals surface area contributed by atoms with Crippen molar-refractivity contribution in [2.45, 2.75) is 13.0 Å². The highest BCUT2D eigenvalue weighted by atomic mass is 35.5. The van der Waals surface area contributed by atoms with E-state index in [1.165, 1.54) is 4.90 Å². The van der Waals surface area contributed by atoms with Crippen LogP contribution in [0, 0.1) is 11.3 Å². The maximum atomic E-state index is 12.6. The number of quaternary nitrogens is 1. The number of amides is 1. The number of halogens is 1. The zero-order chi connectivity index (χ0) is 19.4. The molecule has 0 radical (unpaired) electrons. The first-order valence-electron chi connectivity index (χ1n) is 8.87. The van der Waals surface area contributed by atoms with E-state index in [4.69, 9.17) is 16.9 Å². The normalized spacial score (nSPS) is 15.8. The minimum Gasteiger partial charge on any atom is -0.506 e. The number of rotatable bonds is 4. The van der Waals surface area contributed by atoms with Crippen LogP contribution in [0.3, 0.4) is 0 Å². The Morgan fingerprint density at radius 3 is 2.63 bits per heavy atom. The van der Waals surface area contributed by atoms with E-state index in [1.807, 2.05) is 31.2 Å². The molecule has 27 heavy (non-hydrogen) atoms. The lowest BCUT2D eigenvalue weighted by Crippen LogP contribution is -3.19. The summed E-state index contributed by atoms with van der Waals surface area (Å²) in [6.07, 6.45) is 0. The minimum atomic E-state index is -0.217. The molecule has 2 aromatic carbocycles. The SMILES string of the molecule is C[C@@H](C(=O)Nc1ccc(C#N)c(Cl)c1)[NH+]1CCN(c2ccccc2O)CC1. The van der Waals surface area contributed by atoms with Crippen LogP contribution in [-0.2, 0) is 4.79 Å². The molecule has 3 rings (SSSR count). The average molecular weight is 386 g/mol. The quantitative estimate of drug-likeness (QED) is 0.747. The molecular weight excluding hydrogens is 364 g/mol. The molecule has 1 atom stereocenters. The Labute approximate surface area is 163 Å². The number of phenols is 1. The molecule has 0 aromatic heterocycles. The van der Waals surface area contributed by atoms with Gasteiger partial charge in [0.1, 0.15) is 11.8 Å². The molecule has 0 bridgehead atoms. The molecule has 2 aromatic rings. The van der Waals surface area contributed by atoms with E-state index in [1.54, 1.807) is 24.3 Å². The third kappa shape index (κ3) is 4.33. The lowest BCUT2D eigenvalue weighted by atomic mass is 10.1. The highest BCUT2D eigenvalue weighted by molar-refractivity contribution is 6.32. The molecule has 1 aliphatic heterocycles. The molecule has 1 fully saturated rings. The summed E-state index contributed by atoms with van der Waals surface area (Å²) in [5.74, 6) is 0.200. The second-order valence-corrected chi connectivity index (χ2v) is 7.06. The van der Waals surface area contributed by atoms with Gasteiger partial charge in [0.15, 0.2) is 6.04 Å². The van der Waals surface area contributed by atoms with Gasteiger partial charge in [0.25, 0.3) is 5.91 Å². The summed E-state index contributed by atoms with van der Waals surface area (Å²) in [6, 6.07) is 14.0. The molecule has 1 amide bonds. The molecule has 0 unspecified atom stereocenters. The van der Waals surface area contributed by atoms with Gasteiger partial charge in [-0.1, -0.05) is 23.7 Å². The summed E-state index contributed by atoms with van der Waals surface area (Å²) in [4.78, 5) is 15.9. The van der Waals surface area contributed by atoms with E-state index < -0.39 is 0 Å². The van der Waals surface area contributed by atoms with Crippen LogP contribution in [-0.4, -0.2) is 43.2 Å². The first-order chi connectivity index (χ1) is 13.0. The van der Waals surface area contributed by atoms with Crippen molar-refractivity contribution < 1.29 is 14.8 Å². The molecule has 0 saturated carbocycles. The molecular formula is C20H22ClN4O2+. The van der Waals surface area contributed by atoms with Crippen LogP contribution >= 0.6 is 11.6 Å². The van der Waals surface area contributed by atoms with Crippen LogP contribution in [0.25, 0.3) is 0 Å². The van der Waals surface area contributed by atoms with Crippen LogP contribution < -0.4 is 15.1 Å². The monoisotopic (exact) mass is 385 g/mol. The minimum absolute atomic E-state index is 0.0817. The van der Waals surface area contributed by atoms with Gasteiger partial charge in [-0.3, -0.25) is 4.79 Å². The van der Waals surface area contributed by atoms with Gasteiger partial charge in [-0.05, 0) is 37.3 Å². The van der Waals surface area contributed by atoms with E-state index in [-0.39, 0.29) is 17.7 Å². The fraction of sp³-hybridized carbons (Fsp3) is 0.300. The summed E-state index contributed by atoms with van der Waals surface area (Å²) >= 11 is 6.02. The maximum Gasteiger partial charge on any atom is 0.282 e. The molecule has 1 heterocycles. The molecule has 1 aliphatic rings. The number of benzene rings is 2.